The van der Waals surface area contributed by atoms with Crippen LogP contribution in [0.3, 0.4) is 0 Å². The highest BCUT2D eigenvalue weighted by Crippen LogP contribution is 2.21. The van der Waals surface area contributed by atoms with Crippen LogP contribution in [0.4, 0.5) is 5.69 Å². The van der Waals surface area contributed by atoms with E-state index >= 15 is 0 Å². The van der Waals surface area contributed by atoms with E-state index < -0.39 is 0 Å². The number of ether oxygens (including phenoxy) is 1. The summed E-state index contributed by atoms with van der Waals surface area (Å²) < 4.78 is 5.69. The number of carbonyl (C=O) groups is 1. The van der Waals surface area contributed by atoms with Gasteiger partial charge in [-0.15, -0.1) is 0 Å². The van der Waals surface area contributed by atoms with Gasteiger partial charge in [0.25, 0.3) is 5.91 Å². The fourth-order valence-electron chi connectivity index (χ4n) is 1.92. The Labute approximate surface area is 152 Å². The number of amides is 1. The molecule has 0 aromatic heterocycles. The number of benzene rings is 2. The van der Waals surface area contributed by atoms with Gasteiger partial charge in [0.1, 0.15) is 5.75 Å². The van der Waals surface area contributed by atoms with Gasteiger partial charge in [-0.3, -0.25) is 10.1 Å². The minimum atomic E-state index is -0.334. The lowest BCUT2D eigenvalue weighted by Crippen LogP contribution is -2.34. The maximum absolute atomic E-state index is 12.4. The number of thiocarbonyl (C=S) groups is 1. The van der Waals surface area contributed by atoms with E-state index in [9.17, 15) is 4.79 Å². The van der Waals surface area contributed by atoms with E-state index in [2.05, 4.69) is 10.6 Å². The zero-order valence-electron chi connectivity index (χ0n) is 13.5. The molecule has 2 aromatic carbocycles. The Kier molecular flexibility index (Phi) is 6.58. The van der Waals surface area contributed by atoms with Crippen LogP contribution in [0, 0.1) is 5.92 Å². The van der Waals surface area contributed by atoms with Gasteiger partial charge in [-0.05, 0) is 42.4 Å². The summed E-state index contributed by atoms with van der Waals surface area (Å²) in [6, 6.07) is 14.2. The molecule has 2 rings (SSSR count). The van der Waals surface area contributed by atoms with Crippen LogP contribution in [0.2, 0.25) is 5.02 Å². The molecule has 0 aliphatic carbocycles. The Hall–Kier alpha value is -2.11. The molecule has 24 heavy (non-hydrogen) atoms. The molecule has 0 bridgehead atoms. The quantitative estimate of drug-likeness (QED) is 0.769. The summed E-state index contributed by atoms with van der Waals surface area (Å²) in [6.45, 7) is 4.63. The Morgan fingerprint density at radius 3 is 2.54 bits per heavy atom. The molecule has 6 heteroatoms. The summed E-state index contributed by atoms with van der Waals surface area (Å²) in [5.74, 6) is 0.562. The van der Waals surface area contributed by atoms with Crippen molar-refractivity contribution in [1.29, 1.82) is 0 Å². The van der Waals surface area contributed by atoms with E-state index in [4.69, 9.17) is 28.6 Å². The molecule has 0 unspecified atom stereocenters. The van der Waals surface area contributed by atoms with E-state index in [0.29, 0.717) is 34.5 Å². The number of halogens is 1. The summed E-state index contributed by atoms with van der Waals surface area (Å²) in [5, 5.41) is 6.25. The predicted octanol–water partition coefficient (Wildman–Crippen LogP) is 4.50. The highest BCUT2D eigenvalue weighted by Gasteiger charge is 2.14. The van der Waals surface area contributed by atoms with Crippen molar-refractivity contribution in [2.24, 2.45) is 5.92 Å². The Bertz CT molecular complexity index is 734. The number of nitrogens with one attached hydrogen (secondary N) is 2. The molecule has 0 spiro atoms. The van der Waals surface area contributed by atoms with Crippen LogP contribution in [-0.2, 0) is 0 Å². The van der Waals surface area contributed by atoms with Gasteiger partial charge in [-0.1, -0.05) is 49.7 Å². The van der Waals surface area contributed by atoms with Crippen LogP contribution >= 0.6 is 23.8 Å². The molecule has 0 saturated heterocycles. The Balaban J connectivity index is 2.04. The lowest BCUT2D eigenvalue weighted by atomic mass is 10.2. The van der Waals surface area contributed by atoms with Crippen molar-refractivity contribution in [2.75, 3.05) is 11.9 Å². The molecule has 0 saturated carbocycles. The summed E-state index contributed by atoms with van der Waals surface area (Å²) >= 11 is 11.2. The van der Waals surface area contributed by atoms with Crippen molar-refractivity contribution in [1.82, 2.24) is 5.32 Å². The van der Waals surface area contributed by atoms with Crippen molar-refractivity contribution in [3.63, 3.8) is 0 Å². The number of carbonyl (C=O) groups excluding carboxylic acids is 1. The normalized spacial score (nSPS) is 10.3. The minimum Gasteiger partial charge on any atom is -0.492 e. The molecule has 126 valence electrons. The molecular formula is C18H19ClN2O2S. The van der Waals surface area contributed by atoms with Gasteiger partial charge in [0.2, 0.25) is 0 Å². The highest BCUT2D eigenvalue weighted by molar-refractivity contribution is 7.80. The number of anilines is 1. The van der Waals surface area contributed by atoms with Gasteiger partial charge in [0, 0.05) is 0 Å². The fourth-order valence-corrected chi connectivity index (χ4v) is 2.31. The lowest BCUT2D eigenvalue weighted by molar-refractivity contribution is 0.0973. The van der Waals surface area contributed by atoms with Crippen LogP contribution in [0.1, 0.15) is 24.2 Å². The first kappa shape index (κ1) is 18.2. The molecule has 2 aromatic rings. The lowest BCUT2D eigenvalue weighted by Gasteiger charge is -2.14. The van der Waals surface area contributed by atoms with E-state index in [1.54, 1.807) is 30.3 Å². The Morgan fingerprint density at radius 1 is 1.17 bits per heavy atom. The molecule has 0 aliphatic heterocycles. The molecule has 0 aliphatic rings. The number of para-hydroxylation sites is 2. The van der Waals surface area contributed by atoms with Gasteiger partial charge < -0.3 is 10.1 Å². The molecule has 4 nitrogen and oxygen atoms in total. The van der Waals surface area contributed by atoms with E-state index in [-0.39, 0.29) is 11.0 Å². The van der Waals surface area contributed by atoms with Crippen LogP contribution in [0.15, 0.2) is 48.5 Å². The maximum Gasteiger partial charge on any atom is 0.261 e. The van der Waals surface area contributed by atoms with Crippen LogP contribution in [0.25, 0.3) is 0 Å². The van der Waals surface area contributed by atoms with E-state index in [1.807, 2.05) is 32.0 Å². The summed E-state index contributed by atoms with van der Waals surface area (Å²) in [4.78, 5) is 12.4. The van der Waals surface area contributed by atoms with Gasteiger partial charge in [-0.2, -0.15) is 0 Å². The van der Waals surface area contributed by atoms with Gasteiger partial charge in [0.15, 0.2) is 5.11 Å². The third kappa shape index (κ3) is 5.22. The molecule has 1 amide bonds. The van der Waals surface area contributed by atoms with Crippen molar-refractivity contribution in [3.05, 3.63) is 59.1 Å². The molecule has 0 fully saturated rings. The van der Waals surface area contributed by atoms with E-state index in [0.717, 1.165) is 0 Å². The first-order valence-electron chi connectivity index (χ1n) is 7.56. The molecule has 0 heterocycles. The molecule has 0 radical (unpaired) electrons. The molecular weight excluding hydrogens is 344 g/mol. The largest absolute Gasteiger partial charge is 0.492 e. The van der Waals surface area contributed by atoms with Gasteiger partial charge in [-0.25, -0.2) is 0 Å². The average Bonchev–Trinajstić information content (AvgIpc) is 2.55. The van der Waals surface area contributed by atoms with Crippen molar-refractivity contribution in [2.45, 2.75) is 13.8 Å². The fraction of sp³-hybridized carbons (Fsp3) is 0.222. The first-order chi connectivity index (χ1) is 11.5. The standard InChI is InChI=1S/C18H19ClN2O2S/c1-12(2)11-23-16-10-6-3-7-13(16)17(22)21-18(24)20-15-9-5-4-8-14(15)19/h3-10,12H,11H2,1-2H3,(H2,20,21,22,24). The zero-order chi connectivity index (χ0) is 17.5. The first-order valence-corrected chi connectivity index (χ1v) is 8.34. The summed E-state index contributed by atoms with van der Waals surface area (Å²) in [6.07, 6.45) is 0. The highest BCUT2D eigenvalue weighted by atomic mass is 35.5. The molecule has 2 N–H and O–H groups in total. The second-order valence-electron chi connectivity index (χ2n) is 5.59. The van der Waals surface area contributed by atoms with Crippen LogP contribution < -0.4 is 15.4 Å². The predicted molar refractivity (Wildman–Crippen MR) is 102 cm³/mol. The van der Waals surface area contributed by atoms with Crippen molar-refractivity contribution < 1.29 is 9.53 Å². The van der Waals surface area contributed by atoms with E-state index in [1.165, 1.54) is 0 Å². The third-order valence-electron chi connectivity index (χ3n) is 3.05. The smallest absolute Gasteiger partial charge is 0.261 e. The van der Waals surface area contributed by atoms with Gasteiger partial charge >= 0.3 is 0 Å². The number of rotatable bonds is 5. The maximum atomic E-state index is 12.4. The topological polar surface area (TPSA) is 50.4 Å². The van der Waals surface area contributed by atoms with Crippen LogP contribution in [0.5, 0.6) is 5.75 Å². The summed E-state index contributed by atoms with van der Waals surface area (Å²) in [5.41, 5.74) is 1.07. The number of hydrogen-bond donors (Lipinski definition) is 2. The molecule has 0 atom stereocenters. The Morgan fingerprint density at radius 2 is 1.83 bits per heavy atom. The summed E-state index contributed by atoms with van der Waals surface area (Å²) in [7, 11) is 0. The second-order valence-corrected chi connectivity index (χ2v) is 6.40. The SMILES string of the molecule is CC(C)COc1ccccc1C(=O)NC(=S)Nc1ccccc1Cl. The van der Waals surface area contributed by atoms with Crippen molar-refractivity contribution in [3.8, 4) is 5.75 Å². The second kappa shape index (κ2) is 8.66. The minimum absolute atomic E-state index is 0.173. The van der Waals surface area contributed by atoms with Crippen molar-refractivity contribution >= 4 is 40.5 Å². The zero-order valence-corrected chi connectivity index (χ0v) is 15.1. The third-order valence-corrected chi connectivity index (χ3v) is 3.59. The monoisotopic (exact) mass is 362 g/mol. The number of hydrogen-bond acceptors (Lipinski definition) is 3. The van der Waals surface area contributed by atoms with Crippen LogP contribution in [-0.4, -0.2) is 17.6 Å². The van der Waals surface area contributed by atoms with Gasteiger partial charge in [0.05, 0.1) is 22.9 Å². The average molecular weight is 363 g/mol.